The first kappa shape index (κ1) is 21.1. The zero-order chi connectivity index (χ0) is 21.6. The molecule has 0 aliphatic carbocycles. The second-order valence-corrected chi connectivity index (χ2v) is 8.52. The van der Waals surface area contributed by atoms with Crippen LogP contribution in [0.15, 0.2) is 78.1 Å². The Balaban J connectivity index is 1.50. The molecule has 0 aliphatic rings. The van der Waals surface area contributed by atoms with Crippen LogP contribution in [-0.4, -0.2) is 26.5 Å². The van der Waals surface area contributed by atoms with Gasteiger partial charge in [0.25, 0.3) is 5.91 Å². The van der Waals surface area contributed by atoms with Crippen LogP contribution in [0.4, 0.5) is 0 Å². The standard InChI is InChI=1S/C25H26N4OS/c1-3-18(2)27-24(30)21-13-11-20(12-14-21)17-31-25-28-22-10-7-15-26-23(22)29(25)16-19-8-5-4-6-9-19/h4-15,18H,3,16-17H2,1-2H3,(H,27,30)/t18-/m1/s1. The summed E-state index contributed by atoms with van der Waals surface area (Å²) in [6, 6.07) is 22.3. The molecule has 2 aromatic heterocycles. The summed E-state index contributed by atoms with van der Waals surface area (Å²) in [5.41, 5.74) is 4.85. The highest BCUT2D eigenvalue weighted by atomic mass is 32.2. The first-order chi connectivity index (χ1) is 15.1. The van der Waals surface area contributed by atoms with Crippen molar-refractivity contribution in [3.05, 3.63) is 89.6 Å². The van der Waals surface area contributed by atoms with Crippen molar-refractivity contribution in [2.75, 3.05) is 0 Å². The van der Waals surface area contributed by atoms with Crippen LogP contribution in [0.3, 0.4) is 0 Å². The number of fused-ring (bicyclic) bond motifs is 1. The zero-order valence-corrected chi connectivity index (χ0v) is 18.6. The van der Waals surface area contributed by atoms with E-state index in [4.69, 9.17) is 4.98 Å². The van der Waals surface area contributed by atoms with E-state index in [9.17, 15) is 4.79 Å². The van der Waals surface area contributed by atoms with E-state index in [1.807, 2.05) is 67.7 Å². The van der Waals surface area contributed by atoms with Crippen molar-refractivity contribution >= 4 is 28.8 Å². The molecular weight excluding hydrogens is 404 g/mol. The molecule has 6 heteroatoms. The largest absolute Gasteiger partial charge is 0.350 e. The maximum atomic E-state index is 12.3. The average molecular weight is 431 g/mol. The topological polar surface area (TPSA) is 59.8 Å². The van der Waals surface area contributed by atoms with Crippen LogP contribution in [0.25, 0.3) is 11.2 Å². The summed E-state index contributed by atoms with van der Waals surface area (Å²) in [7, 11) is 0. The third-order valence-corrected chi connectivity index (χ3v) is 6.27. The minimum Gasteiger partial charge on any atom is -0.350 e. The van der Waals surface area contributed by atoms with E-state index in [1.165, 1.54) is 5.56 Å². The minimum atomic E-state index is -0.0238. The maximum Gasteiger partial charge on any atom is 0.251 e. The summed E-state index contributed by atoms with van der Waals surface area (Å²) in [6.45, 7) is 4.80. The molecule has 0 radical (unpaired) electrons. The smallest absolute Gasteiger partial charge is 0.251 e. The molecule has 0 spiro atoms. The van der Waals surface area contributed by atoms with Crippen LogP contribution >= 0.6 is 11.8 Å². The molecule has 2 aromatic carbocycles. The number of amides is 1. The highest BCUT2D eigenvalue weighted by Gasteiger charge is 2.13. The normalized spacial score (nSPS) is 12.1. The van der Waals surface area contributed by atoms with Crippen LogP contribution in [0.2, 0.25) is 0 Å². The number of thioether (sulfide) groups is 1. The Morgan fingerprint density at radius 3 is 2.55 bits per heavy atom. The Bertz CT molecular complexity index is 1160. The van der Waals surface area contributed by atoms with Gasteiger partial charge in [-0.2, -0.15) is 0 Å². The highest BCUT2D eigenvalue weighted by molar-refractivity contribution is 7.98. The van der Waals surface area contributed by atoms with Crippen LogP contribution in [0, 0.1) is 0 Å². The number of nitrogens with one attached hydrogen (secondary N) is 1. The Labute approximate surface area is 186 Å². The molecule has 0 aliphatic heterocycles. The molecule has 0 saturated heterocycles. The Hall–Kier alpha value is -3.12. The third kappa shape index (κ3) is 5.14. The lowest BCUT2D eigenvalue weighted by Gasteiger charge is -2.11. The fourth-order valence-corrected chi connectivity index (χ4v) is 4.22. The number of benzene rings is 2. The molecule has 0 saturated carbocycles. The molecule has 2 heterocycles. The van der Waals surface area contributed by atoms with Crippen molar-refractivity contribution in [1.29, 1.82) is 0 Å². The SMILES string of the molecule is CC[C@@H](C)NC(=O)c1ccc(CSc2nc3cccnc3n2Cc2ccccc2)cc1. The van der Waals surface area contributed by atoms with Crippen LogP contribution in [-0.2, 0) is 12.3 Å². The molecule has 0 bridgehead atoms. The summed E-state index contributed by atoms with van der Waals surface area (Å²) in [5, 5.41) is 3.95. The molecule has 1 amide bonds. The average Bonchev–Trinajstić information content (AvgIpc) is 3.16. The van der Waals surface area contributed by atoms with Crippen molar-refractivity contribution in [1.82, 2.24) is 19.9 Å². The second-order valence-electron chi connectivity index (χ2n) is 7.58. The predicted octanol–water partition coefficient (Wildman–Crippen LogP) is 5.30. The van der Waals surface area contributed by atoms with E-state index < -0.39 is 0 Å². The number of aromatic nitrogens is 3. The number of hydrogen-bond acceptors (Lipinski definition) is 4. The Morgan fingerprint density at radius 2 is 1.81 bits per heavy atom. The lowest BCUT2D eigenvalue weighted by Crippen LogP contribution is -2.31. The number of hydrogen-bond donors (Lipinski definition) is 1. The van der Waals surface area contributed by atoms with Gasteiger partial charge < -0.3 is 5.32 Å². The van der Waals surface area contributed by atoms with Gasteiger partial charge in [0, 0.05) is 23.6 Å². The van der Waals surface area contributed by atoms with E-state index in [1.54, 1.807) is 11.8 Å². The van der Waals surface area contributed by atoms with E-state index >= 15 is 0 Å². The zero-order valence-electron chi connectivity index (χ0n) is 17.8. The van der Waals surface area contributed by atoms with Gasteiger partial charge in [-0.3, -0.25) is 9.36 Å². The van der Waals surface area contributed by atoms with Gasteiger partial charge in [-0.1, -0.05) is 61.2 Å². The number of rotatable bonds is 8. The van der Waals surface area contributed by atoms with Gasteiger partial charge in [0.05, 0.1) is 6.54 Å². The molecule has 158 valence electrons. The third-order valence-electron chi connectivity index (χ3n) is 5.23. The van der Waals surface area contributed by atoms with Gasteiger partial charge in [-0.15, -0.1) is 0 Å². The number of imidazole rings is 1. The highest BCUT2D eigenvalue weighted by Crippen LogP contribution is 2.27. The molecule has 4 rings (SSSR count). The molecule has 31 heavy (non-hydrogen) atoms. The molecule has 5 nitrogen and oxygen atoms in total. The lowest BCUT2D eigenvalue weighted by molar-refractivity contribution is 0.0939. The monoisotopic (exact) mass is 430 g/mol. The molecule has 4 aromatic rings. The van der Waals surface area contributed by atoms with Gasteiger partial charge in [0.15, 0.2) is 10.8 Å². The summed E-state index contributed by atoms with van der Waals surface area (Å²) in [4.78, 5) is 21.7. The summed E-state index contributed by atoms with van der Waals surface area (Å²) in [5.74, 6) is 0.745. The van der Waals surface area contributed by atoms with Gasteiger partial charge in [0.1, 0.15) is 5.52 Å². The Kier molecular flexibility index (Phi) is 6.67. The van der Waals surface area contributed by atoms with E-state index in [0.717, 1.165) is 40.6 Å². The van der Waals surface area contributed by atoms with Gasteiger partial charge in [-0.25, -0.2) is 9.97 Å². The number of carbonyl (C=O) groups is 1. The van der Waals surface area contributed by atoms with Gasteiger partial charge >= 0.3 is 0 Å². The fourth-order valence-electron chi connectivity index (χ4n) is 3.27. The first-order valence-electron chi connectivity index (χ1n) is 10.5. The van der Waals surface area contributed by atoms with Crippen molar-refractivity contribution in [2.24, 2.45) is 0 Å². The quantitative estimate of drug-likeness (QED) is 0.385. The maximum absolute atomic E-state index is 12.3. The van der Waals surface area contributed by atoms with Gasteiger partial charge in [-0.05, 0) is 48.7 Å². The number of carbonyl (C=O) groups excluding carboxylic acids is 1. The Morgan fingerprint density at radius 1 is 1.03 bits per heavy atom. The van der Waals surface area contributed by atoms with Gasteiger partial charge in [0.2, 0.25) is 0 Å². The van der Waals surface area contributed by atoms with Crippen molar-refractivity contribution in [3.8, 4) is 0 Å². The second kappa shape index (κ2) is 9.79. The number of nitrogens with zero attached hydrogens (tertiary/aromatic N) is 3. The van der Waals surface area contributed by atoms with E-state index in [2.05, 4.69) is 33.9 Å². The van der Waals surface area contributed by atoms with Crippen molar-refractivity contribution in [3.63, 3.8) is 0 Å². The van der Waals surface area contributed by atoms with E-state index in [-0.39, 0.29) is 11.9 Å². The van der Waals surface area contributed by atoms with Crippen LogP contribution in [0.5, 0.6) is 0 Å². The first-order valence-corrected chi connectivity index (χ1v) is 11.5. The molecular formula is C25H26N4OS. The van der Waals surface area contributed by atoms with Crippen LogP contribution < -0.4 is 5.32 Å². The summed E-state index contributed by atoms with van der Waals surface area (Å²) >= 11 is 1.68. The van der Waals surface area contributed by atoms with E-state index in [0.29, 0.717) is 5.56 Å². The van der Waals surface area contributed by atoms with Crippen LogP contribution in [0.1, 0.15) is 41.8 Å². The van der Waals surface area contributed by atoms with Crippen molar-refractivity contribution in [2.45, 2.75) is 43.8 Å². The fraction of sp³-hybridized carbons (Fsp3) is 0.240. The molecule has 0 fully saturated rings. The lowest BCUT2D eigenvalue weighted by atomic mass is 10.1. The predicted molar refractivity (Wildman–Crippen MR) is 126 cm³/mol. The summed E-state index contributed by atoms with van der Waals surface area (Å²) < 4.78 is 2.17. The summed E-state index contributed by atoms with van der Waals surface area (Å²) in [6.07, 6.45) is 2.72. The molecule has 1 atom stereocenters. The molecule has 0 unspecified atom stereocenters. The number of pyridine rings is 1. The molecule has 1 N–H and O–H groups in total. The van der Waals surface area contributed by atoms with Crippen molar-refractivity contribution < 1.29 is 4.79 Å². The minimum absolute atomic E-state index is 0.0238.